The number of halogens is 1. The topological polar surface area (TPSA) is 55.1 Å². The first-order valence-corrected chi connectivity index (χ1v) is 7.21. The molecule has 0 aliphatic rings. The quantitative estimate of drug-likeness (QED) is 0.837. The first-order valence-electron chi connectivity index (χ1n) is 5.95. The van der Waals surface area contributed by atoms with E-state index >= 15 is 0 Å². The van der Waals surface area contributed by atoms with Crippen LogP contribution in [0, 0.1) is 18.8 Å². The van der Waals surface area contributed by atoms with Crippen molar-refractivity contribution in [2.45, 2.75) is 6.92 Å². The van der Waals surface area contributed by atoms with Crippen LogP contribution in [0.15, 0.2) is 29.6 Å². The number of amides is 1. The van der Waals surface area contributed by atoms with Crippen LogP contribution in [0.2, 0.25) is 5.02 Å². The largest absolute Gasteiger partial charge is 0.321 e. The maximum atomic E-state index is 12.0. The zero-order chi connectivity index (χ0) is 14.5. The molecule has 0 atom stereocenters. The summed E-state index contributed by atoms with van der Waals surface area (Å²) in [6, 6.07) is 7.26. The molecule has 0 bridgehead atoms. The number of aryl methyl sites for hydroxylation is 1. The molecule has 1 aromatic heterocycles. The Hall–Kier alpha value is -1.80. The van der Waals surface area contributed by atoms with E-state index in [4.69, 9.17) is 17.3 Å². The minimum Gasteiger partial charge on any atom is -0.321 e. The number of carbonyl (C=O) groups excluding carboxylic acids is 1. The molecule has 0 spiro atoms. The highest BCUT2D eigenvalue weighted by Gasteiger charge is 2.12. The Morgan fingerprint density at radius 1 is 1.45 bits per heavy atom. The third-order valence-electron chi connectivity index (χ3n) is 2.63. The molecular weight excluding hydrogens is 292 g/mol. The van der Waals surface area contributed by atoms with Crippen molar-refractivity contribution in [1.82, 2.24) is 0 Å². The molecule has 2 rings (SSSR count). The second kappa shape index (κ2) is 6.58. The average Bonchev–Trinajstić information content (AvgIpc) is 2.84. The van der Waals surface area contributed by atoms with Crippen LogP contribution in [0.3, 0.4) is 0 Å². The highest BCUT2D eigenvalue weighted by atomic mass is 35.5. The van der Waals surface area contributed by atoms with Gasteiger partial charge in [-0.15, -0.1) is 11.3 Å². The number of hydrogen-bond donors (Lipinski definition) is 2. The second-order valence-corrected chi connectivity index (χ2v) is 5.41. The minimum absolute atomic E-state index is 0.204. The molecule has 0 fully saturated rings. The first-order chi connectivity index (χ1) is 9.61. The van der Waals surface area contributed by atoms with E-state index in [2.05, 4.69) is 17.2 Å². The van der Waals surface area contributed by atoms with Crippen molar-refractivity contribution in [3.05, 3.63) is 50.7 Å². The number of benzene rings is 1. The first kappa shape index (κ1) is 14.6. The Labute approximate surface area is 126 Å². The van der Waals surface area contributed by atoms with E-state index in [1.165, 1.54) is 11.3 Å². The van der Waals surface area contributed by atoms with Crippen LogP contribution >= 0.6 is 22.9 Å². The van der Waals surface area contributed by atoms with Crippen molar-refractivity contribution < 1.29 is 4.79 Å². The van der Waals surface area contributed by atoms with Crippen molar-refractivity contribution in [2.24, 2.45) is 5.73 Å². The summed E-state index contributed by atoms with van der Waals surface area (Å²) in [7, 11) is 0. The molecule has 1 heterocycles. The number of thiophene rings is 1. The van der Waals surface area contributed by atoms with Gasteiger partial charge in [0.1, 0.15) is 4.88 Å². The minimum atomic E-state index is -0.204. The standard InChI is InChI=1S/C15H13ClN2OS/c1-10-9-12(5-4-11(10)3-2-7-17)18-15(19)14-13(16)6-8-20-14/h4-6,8-9H,7,17H2,1H3,(H,18,19). The van der Waals surface area contributed by atoms with Crippen LogP contribution in [0.4, 0.5) is 5.69 Å². The van der Waals surface area contributed by atoms with Crippen LogP contribution in [0.1, 0.15) is 20.8 Å². The molecular formula is C15H13ClN2OS. The van der Waals surface area contributed by atoms with Crippen molar-refractivity contribution in [3.8, 4) is 11.8 Å². The van der Waals surface area contributed by atoms with Gasteiger partial charge >= 0.3 is 0 Å². The average molecular weight is 305 g/mol. The van der Waals surface area contributed by atoms with Gasteiger partial charge in [-0.05, 0) is 42.1 Å². The fourth-order valence-electron chi connectivity index (χ4n) is 1.67. The van der Waals surface area contributed by atoms with E-state index in [0.717, 1.165) is 16.8 Å². The molecule has 1 amide bonds. The van der Waals surface area contributed by atoms with Gasteiger partial charge in [0, 0.05) is 11.3 Å². The molecule has 3 N–H and O–H groups in total. The van der Waals surface area contributed by atoms with Gasteiger partial charge in [0.25, 0.3) is 5.91 Å². The Bertz CT molecular complexity index is 697. The Balaban J connectivity index is 2.17. The Morgan fingerprint density at radius 3 is 2.85 bits per heavy atom. The molecule has 2 aromatic rings. The number of hydrogen-bond acceptors (Lipinski definition) is 3. The van der Waals surface area contributed by atoms with Gasteiger partial charge in [0.15, 0.2) is 0 Å². The summed E-state index contributed by atoms with van der Waals surface area (Å²) in [5.41, 5.74) is 7.96. The zero-order valence-corrected chi connectivity index (χ0v) is 12.4. The molecule has 0 unspecified atom stereocenters. The van der Waals surface area contributed by atoms with Crippen molar-refractivity contribution >= 4 is 34.5 Å². The molecule has 3 nitrogen and oxygen atoms in total. The molecule has 0 radical (unpaired) electrons. The third-order valence-corrected chi connectivity index (χ3v) is 3.97. The van der Waals surface area contributed by atoms with Crippen molar-refractivity contribution in [2.75, 3.05) is 11.9 Å². The highest BCUT2D eigenvalue weighted by molar-refractivity contribution is 7.12. The molecule has 0 saturated heterocycles. The molecule has 102 valence electrons. The normalized spacial score (nSPS) is 9.75. The number of carbonyl (C=O) groups is 1. The predicted octanol–water partition coefficient (Wildman–Crippen LogP) is 3.27. The van der Waals surface area contributed by atoms with Gasteiger partial charge in [-0.25, -0.2) is 0 Å². The van der Waals surface area contributed by atoms with Gasteiger partial charge in [-0.2, -0.15) is 0 Å². The lowest BCUT2D eigenvalue weighted by Crippen LogP contribution is -2.10. The molecule has 0 saturated carbocycles. The Morgan fingerprint density at radius 2 is 2.25 bits per heavy atom. The summed E-state index contributed by atoms with van der Waals surface area (Å²) in [6.45, 7) is 2.27. The van der Waals surface area contributed by atoms with Gasteiger partial charge in [0.05, 0.1) is 11.6 Å². The number of anilines is 1. The lowest BCUT2D eigenvalue weighted by atomic mass is 10.1. The summed E-state index contributed by atoms with van der Waals surface area (Å²) in [6.07, 6.45) is 0. The van der Waals surface area contributed by atoms with Crippen LogP contribution in [0.25, 0.3) is 0 Å². The van der Waals surface area contributed by atoms with Gasteiger partial charge in [0.2, 0.25) is 0 Å². The van der Waals surface area contributed by atoms with E-state index in [1.54, 1.807) is 11.4 Å². The fourth-order valence-corrected chi connectivity index (χ4v) is 2.71. The van der Waals surface area contributed by atoms with E-state index < -0.39 is 0 Å². The number of nitrogens with one attached hydrogen (secondary N) is 1. The van der Waals surface area contributed by atoms with E-state index in [0.29, 0.717) is 16.4 Å². The third kappa shape index (κ3) is 3.40. The van der Waals surface area contributed by atoms with Gasteiger partial charge in [-0.3, -0.25) is 4.79 Å². The summed E-state index contributed by atoms with van der Waals surface area (Å²) in [5, 5.41) is 5.08. The lowest BCUT2D eigenvalue weighted by molar-refractivity contribution is 0.103. The van der Waals surface area contributed by atoms with Crippen molar-refractivity contribution in [3.63, 3.8) is 0 Å². The predicted molar refractivity (Wildman–Crippen MR) is 84.4 cm³/mol. The van der Waals surface area contributed by atoms with Crippen LogP contribution in [0.5, 0.6) is 0 Å². The van der Waals surface area contributed by atoms with Gasteiger partial charge in [-0.1, -0.05) is 23.4 Å². The number of nitrogens with two attached hydrogens (primary N) is 1. The van der Waals surface area contributed by atoms with Crippen molar-refractivity contribution in [1.29, 1.82) is 0 Å². The van der Waals surface area contributed by atoms with E-state index in [1.807, 2.05) is 25.1 Å². The van der Waals surface area contributed by atoms with E-state index in [-0.39, 0.29) is 5.91 Å². The maximum absolute atomic E-state index is 12.0. The van der Waals surface area contributed by atoms with E-state index in [9.17, 15) is 4.79 Å². The van der Waals surface area contributed by atoms with Crippen LogP contribution < -0.4 is 11.1 Å². The monoisotopic (exact) mass is 304 g/mol. The molecule has 0 aliphatic carbocycles. The number of rotatable bonds is 2. The van der Waals surface area contributed by atoms with Crippen LogP contribution in [-0.4, -0.2) is 12.5 Å². The SMILES string of the molecule is Cc1cc(NC(=O)c2sccc2Cl)ccc1C#CCN. The summed E-state index contributed by atoms with van der Waals surface area (Å²) >= 11 is 7.25. The smallest absolute Gasteiger partial charge is 0.267 e. The second-order valence-electron chi connectivity index (χ2n) is 4.09. The fraction of sp³-hybridized carbons (Fsp3) is 0.133. The Kier molecular flexibility index (Phi) is 4.80. The molecule has 20 heavy (non-hydrogen) atoms. The van der Waals surface area contributed by atoms with Gasteiger partial charge < -0.3 is 11.1 Å². The highest BCUT2D eigenvalue weighted by Crippen LogP contribution is 2.23. The summed E-state index contributed by atoms with van der Waals surface area (Å²) in [4.78, 5) is 12.5. The lowest BCUT2D eigenvalue weighted by Gasteiger charge is -2.06. The summed E-state index contributed by atoms with van der Waals surface area (Å²) < 4.78 is 0. The summed E-state index contributed by atoms with van der Waals surface area (Å²) in [5.74, 6) is 5.59. The maximum Gasteiger partial charge on any atom is 0.267 e. The molecule has 1 aromatic carbocycles. The van der Waals surface area contributed by atoms with Crippen LogP contribution in [-0.2, 0) is 0 Å². The zero-order valence-electron chi connectivity index (χ0n) is 10.9. The molecule has 5 heteroatoms. The molecule has 0 aliphatic heterocycles.